The molecule has 0 saturated carbocycles. The van der Waals surface area contributed by atoms with Crippen LogP contribution in [0.2, 0.25) is 0 Å². The number of carbonyl (C=O) groups excluding carboxylic acids is 1. The van der Waals surface area contributed by atoms with Gasteiger partial charge in [0.1, 0.15) is 5.75 Å². The Bertz CT molecular complexity index is 528. The van der Waals surface area contributed by atoms with Gasteiger partial charge in [-0.05, 0) is 37.2 Å². The van der Waals surface area contributed by atoms with Gasteiger partial charge in [-0.1, -0.05) is 15.9 Å². The zero-order chi connectivity index (χ0) is 14.5. The third kappa shape index (κ3) is 4.93. The number of hydrogen-bond donors (Lipinski definition) is 1. The summed E-state index contributed by atoms with van der Waals surface area (Å²) in [5.74, 6) is -0.938. The molecule has 0 fully saturated rings. The van der Waals surface area contributed by atoms with Crippen LogP contribution in [0.5, 0.6) is 0 Å². The summed E-state index contributed by atoms with van der Waals surface area (Å²) in [6.07, 6.45) is 0.653. The van der Waals surface area contributed by atoms with Crippen molar-refractivity contribution in [3.8, 4) is 0 Å². The molecule has 1 aromatic rings. The minimum Gasteiger partial charge on any atom is -0.345 e. The van der Waals surface area contributed by atoms with Gasteiger partial charge in [0, 0.05) is 18.1 Å². The van der Waals surface area contributed by atoms with Gasteiger partial charge in [0.15, 0.2) is 9.84 Å². The predicted octanol–water partition coefficient (Wildman–Crippen LogP) is 1.03. The molecule has 0 aliphatic heterocycles. The molecule has 0 heterocycles. The van der Waals surface area contributed by atoms with Crippen LogP contribution in [-0.2, 0) is 14.6 Å². The molecule has 0 radical (unpaired) electrons. The lowest BCUT2D eigenvalue weighted by atomic mass is 10.4. The van der Waals surface area contributed by atoms with Crippen molar-refractivity contribution in [2.45, 2.75) is 11.3 Å². The molecule has 0 atom stereocenters. The third-order valence-corrected chi connectivity index (χ3v) is 4.76. The molecule has 1 aromatic carbocycles. The molecule has 2 N–H and O–H groups in total. The van der Waals surface area contributed by atoms with Gasteiger partial charge in [-0.3, -0.25) is 4.79 Å². The van der Waals surface area contributed by atoms with E-state index in [-0.39, 0.29) is 4.90 Å². The van der Waals surface area contributed by atoms with E-state index in [0.717, 1.165) is 4.47 Å². The molecule has 0 unspecified atom stereocenters. The Labute approximate surface area is 121 Å². The van der Waals surface area contributed by atoms with Gasteiger partial charge in [0.05, 0.1) is 4.90 Å². The summed E-state index contributed by atoms with van der Waals surface area (Å²) < 4.78 is 24.9. The summed E-state index contributed by atoms with van der Waals surface area (Å²) in [7, 11) is -2.01. The lowest BCUT2D eigenvalue weighted by Crippen LogP contribution is -2.34. The van der Waals surface area contributed by atoms with Gasteiger partial charge < -0.3 is 10.6 Å². The van der Waals surface area contributed by atoms with Gasteiger partial charge in [-0.2, -0.15) is 0 Å². The minimum absolute atomic E-state index is 0.149. The van der Waals surface area contributed by atoms with E-state index < -0.39 is 21.5 Å². The Morgan fingerprint density at radius 1 is 1.32 bits per heavy atom. The van der Waals surface area contributed by atoms with Crippen molar-refractivity contribution < 1.29 is 13.2 Å². The Morgan fingerprint density at radius 3 is 2.42 bits per heavy atom. The number of nitrogens with zero attached hydrogens (tertiary/aromatic N) is 1. The second-order valence-electron chi connectivity index (χ2n) is 4.17. The molecule has 0 aromatic heterocycles. The van der Waals surface area contributed by atoms with Crippen molar-refractivity contribution in [1.29, 1.82) is 0 Å². The second kappa shape index (κ2) is 7.02. The normalized spacial score (nSPS) is 11.3. The molecule has 0 spiro atoms. The predicted molar refractivity (Wildman–Crippen MR) is 77.5 cm³/mol. The first-order valence-corrected chi connectivity index (χ1v) is 8.23. The van der Waals surface area contributed by atoms with Gasteiger partial charge in [-0.15, -0.1) is 0 Å². The Balaban J connectivity index is 2.74. The highest BCUT2D eigenvalue weighted by atomic mass is 79.9. The SMILES string of the molecule is CN(CCCN)C(=O)CS(=O)(=O)c1ccc(Br)cc1. The molecule has 0 saturated heterocycles. The second-order valence-corrected chi connectivity index (χ2v) is 7.08. The highest BCUT2D eigenvalue weighted by molar-refractivity contribution is 9.10. The van der Waals surface area contributed by atoms with Gasteiger partial charge in [0.2, 0.25) is 5.91 Å². The zero-order valence-electron chi connectivity index (χ0n) is 10.7. The highest BCUT2D eigenvalue weighted by Gasteiger charge is 2.21. The fourth-order valence-electron chi connectivity index (χ4n) is 1.45. The number of amides is 1. The number of nitrogens with two attached hydrogens (primary N) is 1. The quantitative estimate of drug-likeness (QED) is 0.832. The largest absolute Gasteiger partial charge is 0.345 e. The van der Waals surface area contributed by atoms with Crippen LogP contribution in [0.25, 0.3) is 0 Å². The summed E-state index contributed by atoms with van der Waals surface area (Å²) >= 11 is 3.23. The maximum atomic E-state index is 12.0. The Kier molecular flexibility index (Phi) is 5.96. The van der Waals surface area contributed by atoms with Crippen molar-refractivity contribution in [2.75, 3.05) is 25.9 Å². The minimum atomic E-state index is -3.59. The van der Waals surface area contributed by atoms with Crippen LogP contribution in [0, 0.1) is 0 Å². The number of halogens is 1. The van der Waals surface area contributed by atoms with Crippen molar-refractivity contribution >= 4 is 31.7 Å². The van der Waals surface area contributed by atoms with Crippen LogP contribution in [0.3, 0.4) is 0 Å². The molecule has 1 amide bonds. The number of rotatable bonds is 6. The van der Waals surface area contributed by atoms with E-state index in [0.29, 0.717) is 19.5 Å². The van der Waals surface area contributed by atoms with Crippen LogP contribution in [-0.4, -0.2) is 45.1 Å². The summed E-state index contributed by atoms with van der Waals surface area (Å²) in [4.78, 5) is 13.3. The van der Waals surface area contributed by atoms with E-state index in [2.05, 4.69) is 15.9 Å². The first-order chi connectivity index (χ1) is 8.86. The molecule has 19 heavy (non-hydrogen) atoms. The highest BCUT2D eigenvalue weighted by Crippen LogP contribution is 2.16. The smallest absolute Gasteiger partial charge is 0.237 e. The molecule has 106 valence electrons. The van der Waals surface area contributed by atoms with E-state index in [1.54, 1.807) is 19.2 Å². The Morgan fingerprint density at radius 2 is 1.89 bits per heavy atom. The maximum Gasteiger partial charge on any atom is 0.237 e. The summed E-state index contributed by atoms with van der Waals surface area (Å²) in [5, 5.41) is 0. The molecular weight excluding hydrogens is 332 g/mol. The monoisotopic (exact) mass is 348 g/mol. The topological polar surface area (TPSA) is 80.5 Å². The standard InChI is InChI=1S/C12H17BrN2O3S/c1-15(8-2-7-14)12(16)9-19(17,18)11-5-3-10(13)4-6-11/h3-6H,2,7-9,14H2,1H3. The lowest BCUT2D eigenvalue weighted by Gasteiger charge is -2.16. The first-order valence-electron chi connectivity index (χ1n) is 5.79. The molecule has 1 rings (SSSR count). The molecule has 0 bridgehead atoms. The van der Waals surface area contributed by atoms with Gasteiger partial charge in [-0.25, -0.2) is 8.42 Å². The van der Waals surface area contributed by atoms with Crippen LogP contribution in [0.1, 0.15) is 6.42 Å². The van der Waals surface area contributed by atoms with Crippen molar-refractivity contribution in [2.24, 2.45) is 5.73 Å². The van der Waals surface area contributed by atoms with E-state index in [9.17, 15) is 13.2 Å². The summed E-state index contributed by atoms with van der Waals surface area (Å²) in [5.41, 5.74) is 5.35. The first kappa shape index (κ1) is 16.1. The van der Waals surface area contributed by atoms with Crippen molar-refractivity contribution in [3.05, 3.63) is 28.7 Å². The van der Waals surface area contributed by atoms with Crippen LogP contribution in [0.4, 0.5) is 0 Å². The van der Waals surface area contributed by atoms with Gasteiger partial charge >= 0.3 is 0 Å². The molecular formula is C12H17BrN2O3S. The third-order valence-electron chi connectivity index (χ3n) is 2.61. The zero-order valence-corrected chi connectivity index (χ0v) is 13.1. The number of hydrogen-bond acceptors (Lipinski definition) is 4. The van der Waals surface area contributed by atoms with Crippen molar-refractivity contribution in [1.82, 2.24) is 4.90 Å². The number of sulfone groups is 1. The maximum absolute atomic E-state index is 12.0. The molecule has 5 nitrogen and oxygen atoms in total. The number of benzene rings is 1. The van der Waals surface area contributed by atoms with E-state index in [4.69, 9.17) is 5.73 Å². The van der Waals surface area contributed by atoms with E-state index >= 15 is 0 Å². The van der Waals surface area contributed by atoms with Crippen LogP contribution < -0.4 is 5.73 Å². The van der Waals surface area contributed by atoms with E-state index in [1.807, 2.05) is 0 Å². The van der Waals surface area contributed by atoms with Crippen molar-refractivity contribution in [3.63, 3.8) is 0 Å². The van der Waals surface area contributed by atoms with Crippen LogP contribution in [0.15, 0.2) is 33.6 Å². The fourth-order valence-corrected chi connectivity index (χ4v) is 2.98. The van der Waals surface area contributed by atoms with Gasteiger partial charge in [0.25, 0.3) is 0 Å². The molecule has 7 heteroatoms. The lowest BCUT2D eigenvalue weighted by molar-refractivity contribution is -0.127. The summed E-state index contributed by atoms with van der Waals surface area (Å²) in [6, 6.07) is 6.23. The Hall–Kier alpha value is -0.920. The fraction of sp³-hybridized carbons (Fsp3) is 0.417. The average Bonchev–Trinajstić information content (AvgIpc) is 2.35. The molecule has 0 aliphatic carbocycles. The van der Waals surface area contributed by atoms with E-state index in [1.165, 1.54) is 17.0 Å². The summed E-state index contributed by atoms with van der Waals surface area (Å²) in [6.45, 7) is 0.933. The van der Waals surface area contributed by atoms with Crippen LogP contribution >= 0.6 is 15.9 Å². The number of carbonyl (C=O) groups is 1. The average molecular weight is 349 g/mol. The molecule has 0 aliphatic rings.